The molecular formula is C24H22F3N5O. The lowest BCUT2D eigenvalue weighted by Crippen LogP contribution is -2.19. The summed E-state index contributed by atoms with van der Waals surface area (Å²) in [7, 11) is 3.91. The van der Waals surface area contributed by atoms with Gasteiger partial charge in [-0.3, -0.25) is 0 Å². The standard InChI is InChI=1S/C24H22F3N5O/c1-31(2)8-9-33-21-13-28-18-6-5-14(10-19(18)29-21)24-23(30-20-4-3-7-32(20)24)16-11-15(25)12-17(26)22(16)27/h5-6,10-13H,3-4,7-9H2,1-2H3. The number of rotatable bonds is 6. The molecular weight excluding hydrogens is 431 g/mol. The maximum atomic E-state index is 14.7. The van der Waals surface area contributed by atoms with Crippen LogP contribution in [0.3, 0.4) is 0 Å². The van der Waals surface area contributed by atoms with Crippen LogP contribution in [0.4, 0.5) is 13.2 Å². The predicted octanol–water partition coefficient (Wildman–Crippen LogP) is 4.46. The van der Waals surface area contributed by atoms with Gasteiger partial charge in [0, 0.05) is 36.7 Å². The molecule has 9 heteroatoms. The predicted molar refractivity (Wildman–Crippen MR) is 118 cm³/mol. The highest BCUT2D eigenvalue weighted by atomic mass is 19.2. The van der Waals surface area contributed by atoms with Gasteiger partial charge >= 0.3 is 0 Å². The Kier molecular flexibility index (Phi) is 5.49. The molecule has 1 aliphatic heterocycles. The topological polar surface area (TPSA) is 56.1 Å². The van der Waals surface area contributed by atoms with Crippen molar-refractivity contribution >= 4 is 11.0 Å². The molecule has 0 N–H and O–H groups in total. The van der Waals surface area contributed by atoms with Crippen LogP contribution in [0.5, 0.6) is 5.88 Å². The Morgan fingerprint density at radius 2 is 1.91 bits per heavy atom. The van der Waals surface area contributed by atoms with Crippen LogP contribution in [0.25, 0.3) is 33.5 Å². The lowest BCUT2D eigenvalue weighted by atomic mass is 10.0. The zero-order valence-electron chi connectivity index (χ0n) is 18.3. The first-order valence-corrected chi connectivity index (χ1v) is 10.7. The van der Waals surface area contributed by atoms with E-state index in [9.17, 15) is 13.2 Å². The van der Waals surface area contributed by atoms with Crippen molar-refractivity contribution in [3.05, 3.63) is 59.8 Å². The van der Waals surface area contributed by atoms with Crippen molar-refractivity contribution in [2.75, 3.05) is 27.2 Å². The summed E-state index contributed by atoms with van der Waals surface area (Å²) in [5.74, 6) is -2.05. The lowest BCUT2D eigenvalue weighted by Gasteiger charge is -2.12. The van der Waals surface area contributed by atoms with Gasteiger partial charge in [-0.25, -0.2) is 28.1 Å². The van der Waals surface area contributed by atoms with Crippen LogP contribution in [0, 0.1) is 17.5 Å². The number of benzene rings is 2. The third kappa shape index (κ3) is 4.04. The van der Waals surface area contributed by atoms with Crippen LogP contribution >= 0.6 is 0 Å². The highest BCUT2D eigenvalue weighted by Gasteiger charge is 2.26. The molecule has 0 radical (unpaired) electrons. The van der Waals surface area contributed by atoms with E-state index in [2.05, 4.69) is 15.0 Å². The second-order valence-corrected chi connectivity index (χ2v) is 8.29. The number of nitrogens with zero attached hydrogens (tertiary/aromatic N) is 5. The van der Waals surface area contributed by atoms with Crippen LogP contribution in [0.15, 0.2) is 36.5 Å². The van der Waals surface area contributed by atoms with Crippen LogP contribution in [-0.4, -0.2) is 51.7 Å². The van der Waals surface area contributed by atoms with E-state index in [0.717, 1.165) is 24.9 Å². The quantitative estimate of drug-likeness (QED) is 0.404. The molecule has 0 amide bonds. The summed E-state index contributed by atoms with van der Waals surface area (Å²) < 4.78 is 50.3. The fraction of sp³-hybridized carbons (Fsp3) is 0.292. The minimum atomic E-state index is -1.24. The molecule has 2 aromatic carbocycles. The monoisotopic (exact) mass is 453 g/mol. The molecule has 1 aliphatic rings. The summed E-state index contributed by atoms with van der Waals surface area (Å²) in [6.45, 7) is 1.90. The number of hydrogen-bond donors (Lipinski definition) is 0. The summed E-state index contributed by atoms with van der Waals surface area (Å²) in [6.07, 6.45) is 3.18. The van der Waals surface area contributed by atoms with Crippen LogP contribution in [0.1, 0.15) is 12.2 Å². The molecule has 0 aliphatic carbocycles. The van der Waals surface area contributed by atoms with E-state index < -0.39 is 17.5 Å². The first-order chi connectivity index (χ1) is 15.9. The van der Waals surface area contributed by atoms with Gasteiger partial charge in [0.15, 0.2) is 11.6 Å². The van der Waals surface area contributed by atoms with Gasteiger partial charge in [0.1, 0.15) is 18.2 Å². The average Bonchev–Trinajstić information content (AvgIpc) is 3.37. The molecule has 170 valence electrons. The molecule has 0 bridgehead atoms. The van der Waals surface area contributed by atoms with Gasteiger partial charge in [-0.05, 0) is 38.7 Å². The number of aryl methyl sites for hydroxylation is 1. The third-order valence-corrected chi connectivity index (χ3v) is 5.66. The molecule has 0 spiro atoms. The van der Waals surface area contributed by atoms with Gasteiger partial charge in [0.2, 0.25) is 5.88 Å². The van der Waals surface area contributed by atoms with Crippen molar-refractivity contribution in [1.29, 1.82) is 0 Å². The molecule has 4 aromatic rings. The summed E-state index contributed by atoms with van der Waals surface area (Å²) in [6, 6.07) is 6.98. The van der Waals surface area contributed by atoms with E-state index in [0.29, 0.717) is 53.8 Å². The number of likely N-dealkylation sites (N-methyl/N-ethyl adjacent to an activating group) is 1. The Bertz CT molecular complexity index is 1350. The van der Waals surface area contributed by atoms with Gasteiger partial charge in [-0.2, -0.15) is 0 Å². The number of aromatic nitrogens is 4. The molecule has 0 saturated heterocycles. The smallest absolute Gasteiger partial charge is 0.232 e. The Balaban J connectivity index is 1.61. The number of imidazole rings is 1. The Morgan fingerprint density at radius 1 is 1.06 bits per heavy atom. The van der Waals surface area contributed by atoms with Crippen molar-refractivity contribution in [2.45, 2.75) is 19.4 Å². The highest BCUT2D eigenvalue weighted by molar-refractivity contribution is 5.86. The van der Waals surface area contributed by atoms with Crippen LogP contribution < -0.4 is 4.74 Å². The molecule has 6 nitrogen and oxygen atoms in total. The highest BCUT2D eigenvalue weighted by Crippen LogP contribution is 2.38. The summed E-state index contributed by atoms with van der Waals surface area (Å²) >= 11 is 0. The Labute approximate surface area is 188 Å². The van der Waals surface area contributed by atoms with Gasteiger partial charge < -0.3 is 14.2 Å². The maximum absolute atomic E-state index is 14.7. The minimum Gasteiger partial charge on any atom is -0.475 e. The van der Waals surface area contributed by atoms with Gasteiger partial charge in [0.25, 0.3) is 0 Å². The van der Waals surface area contributed by atoms with Crippen LogP contribution in [0.2, 0.25) is 0 Å². The van der Waals surface area contributed by atoms with Gasteiger partial charge in [0.05, 0.1) is 28.6 Å². The van der Waals surface area contributed by atoms with E-state index in [4.69, 9.17) is 4.74 Å². The van der Waals surface area contributed by atoms with Crippen molar-refractivity contribution < 1.29 is 17.9 Å². The number of fused-ring (bicyclic) bond motifs is 2. The van der Waals surface area contributed by atoms with E-state index >= 15 is 0 Å². The number of hydrogen-bond acceptors (Lipinski definition) is 5. The Hall–Kier alpha value is -3.46. The molecule has 0 atom stereocenters. The van der Waals surface area contributed by atoms with Crippen LogP contribution in [-0.2, 0) is 13.0 Å². The molecule has 5 rings (SSSR count). The summed E-state index contributed by atoms with van der Waals surface area (Å²) in [5.41, 5.74) is 2.60. The van der Waals surface area contributed by atoms with Gasteiger partial charge in [-0.15, -0.1) is 0 Å². The molecule has 0 saturated carbocycles. The van der Waals surface area contributed by atoms with E-state index in [1.54, 1.807) is 6.20 Å². The van der Waals surface area contributed by atoms with Crippen molar-refractivity contribution in [3.63, 3.8) is 0 Å². The van der Waals surface area contributed by atoms with Crippen molar-refractivity contribution in [1.82, 2.24) is 24.4 Å². The van der Waals surface area contributed by atoms with Crippen molar-refractivity contribution in [3.8, 4) is 28.4 Å². The Morgan fingerprint density at radius 3 is 2.73 bits per heavy atom. The van der Waals surface area contributed by atoms with Crippen molar-refractivity contribution in [2.24, 2.45) is 0 Å². The zero-order chi connectivity index (χ0) is 23.1. The average molecular weight is 453 g/mol. The fourth-order valence-electron chi connectivity index (χ4n) is 4.08. The van der Waals surface area contributed by atoms with E-state index in [-0.39, 0.29) is 11.3 Å². The normalized spacial score (nSPS) is 13.2. The number of ether oxygens (including phenoxy) is 1. The zero-order valence-corrected chi connectivity index (χ0v) is 18.3. The third-order valence-electron chi connectivity index (χ3n) is 5.66. The fourth-order valence-corrected chi connectivity index (χ4v) is 4.08. The maximum Gasteiger partial charge on any atom is 0.232 e. The molecule has 33 heavy (non-hydrogen) atoms. The largest absolute Gasteiger partial charge is 0.475 e. The SMILES string of the molecule is CN(C)CCOc1cnc2ccc(-c3c(-c4cc(F)cc(F)c4F)nc4n3CCC4)cc2n1. The molecule has 2 aromatic heterocycles. The summed E-state index contributed by atoms with van der Waals surface area (Å²) in [5, 5.41) is 0. The second kappa shape index (κ2) is 8.47. The lowest BCUT2D eigenvalue weighted by molar-refractivity contribution is 0.254. The number of halogens is 3. The minimum absolute atomic E-state index is 0.198. The van der Waals surface area contributed by atoms with E-state index in [1.165, 1.54) is 0 Å². The summed E-state index contributed by atoms with van der Waals surface area (Å²) in [4.78, 5) is 15.5. The first kappa shape index (κ1) is 21.4. The second-order valence-electron chi connectivity index (χ2n) is 8.29. The van der Waals surface area contributed by atoms with E-state index in [1.807, 2.05) is 41.8 Å². The molecule has 0 fully saturated rings. The molecule has 0 unspecified atom stereocenters. The molecule has 3 heterocycles. The van der Waals surface area contributed by atoms with Gasteiger partial charge in [-0.1, -0.05) is 6.07 Å². The first-order valence-electron chi connectivity index (χ1n) is 10.7.